The maximum atomic E-state index is 13.8. The molecule has 5 nitrogen and oxygen atoms in total. The van der Waals surface area contributed by atoms with Crippen molar-refractivity contribution in [2.45, 2.75) is 19.8 Å². The fourth-order valence-corrected chi connectivity index (χ4v) is 3.27. The van der Waals surface area contributed by atoms with Gasteiger partial charge in [-0.1, -0.05) is 19.1 Å². The van der Waals surface area contributed by atoms with E-state index in [9.17, 15) is 19.1 Å². The molecule has 1 atom stereocenters. The summed E-state index contributed by atoms with van der Waals surface area (Å²) in [6, 6.07) is 10.5. The van der Waals surface area contributed by atoms with E-state index in [0.29, 0.717) is 5.92 Å². The lowest BCUT2D eigenvalue weighted by Gasteiger charge is -2.33. The molecule has 1 heterocycles. The van der Waals surface area contributed by atoms with Crippen LogP contribution in [0.1, 0.15) is 40.5 Å². The molecule has 6 heteroatoms. The van der Waals surface area contributed by atoms with Crippen molar-refractivity contribution in [2.75, 3.05) is 23.3 Å². The van der Waals surface area contributed by atoms with E-state index in [1.54, 1.807) is 24.3 Å². The van der Waals surface area contributed by atoms with Crippen LogP contribution in [0.2, 0.25) is 0 Å². The van der Waals surface area contributed by atoms with Gasteiger partial charge in [0.05, 0.1) is 16.8 Å². The zero-order valence-corrected chi connectivity index (χ0v) is 14.5. The molecule has 0 saturated carbocycles. The van der Waals surface area contributed by atoms with Crippen LogP contribution < -0.4 is 10.2 Å². The first kappa shape index (κ1) is 17.9. The minimum atomic E-state index is -1.14. The molecule has 136 valence electrons. The second kappa shape index (κ2) is 7.56. The zero-order valence-electron chi connectivity index (χ0n) is 14.5. The summed E-state index contributed by atoms with van der Waals surface area (Å²) in [5.41, 5.74) is 0.834. The third-order valence-corrected chi connectivity index (χ3v) is 4.62. The third kappa shape index (κ3) is 3.85. The molecule has 0 aliphatic carbocycles. The van der Waals surface area contributed by atoms with E-state index >= 15 is 0 Å². The average Bonchev–Trinajstić information content (AvgIpc) is 2.62. The molecule has 1 fully saturated rings. The lowest BCUT2D eigenvalue weighted by atomic mass is 9.99. The normalized spacial score (nSPS) is 17.0. The lowest BCUT2D eigenvalue weighted by Crippen LogP contribution is -2.34. The van der Waals surface area contributed by atoms with Crippen LogP contribution in [0, 0.1) is 11.7 Å². The number of carboxylic acids is 1. The molecule has 1 saturated heterocycles. The molecule has 26 heavy (non-hydrogen) atoms. The molecule has 2 aromatic rings. The lowest BCUT2D eigenvalue weighted by molar-refractivity contribution is 0.0698. The number of anilines is 2. The van der Waals surface area contributed by atoms with Gasteiger partial charge in [-0.05, 0) is 49.1 Å². The summed E-state index contributed by atoms with van der Waals surface area (Å²) in [5.74, 6) is -1.91. The summed E-state index contributed by atoms with van der Waals surface area (Å²) in [6.45, 7) is 3.93. The molecule has 1 aliphatic heterocycles. The van der Waals surface area contributed by atoms with Gasteiger partial charge < -0.3 is 15.3 Å². The summed E-state index contributed by atoms with van der Waals surface area (Å²) < 4.78 is 13.8. The number of carbonyl (C=O) groups is 2. The van der Waals surface area contributed by atoms with Gasteiger partial charge in [-0.2, -0.15) is 0 Å². The number of carbonyl (C=O) groups excluding carboxylic acids is 1. The molecule has 0 bridgehead atoms. The number of aromatic carboxylic acids is 1. The molecule has 1 unspecified atom stereocenters. The van der Waals surface area contributed by atoms with Crippen molar-refractivity contribution in [2.24, 2.45) is 5.92 Å². The van der Waals surface area contributed by atoms with Gasteiger partial charge in [0.2, 0.25) is 0 Å². The van der Waals surface area contributed by atoms with Crippen LogP contribution in [-0.4, -0.2) is 30.1 Å². The number of halogens is 1. The van der Waals surface area contributed by atoms with E-state index in [4.69, 9.17) is 0 Å². The number of nitrogens with one attached hydrogen (secondary N) is 1. The summed E-state index contributed by atoms with van der Waals surface area (Å²) in [5, 5.41) is 12.0. The second-order valence-corrected chi connectivity index (χ2v) is 6.66. The Balaban J connectivity index is 1.86. The Morgan fingerprint density at radius 1 is 1.19 bits per heavy atom. The molecule has 0 spiro atoms. The fraction of sp³-hybridized carbons (Fsp3) is 0.300. The first-order chi connectivity index (χ1) is 12.5. The van der Waals surface area contributed by atoms with Crippen LogP contribution in [-0.2, 0) is 0 Å². The van der Waals surface area contributed by atoms with Gasteiger partial charge in [-0.15, -0.1) is 0 Å². The Kier molecular flexibility index (Phi) is 5.21. The van der Waals surface area contributed by atoms with Crippen molar-refractivity contribution < 1.29 is 19.1 Å². The summed E-state index contributed by atoms with van der Waals surface area (Å²) in [4.78, 5) is 26.1. The van der Waals surface area contributed by atoms with Crippen LogP contribution in [0.25, 0.3) is 0 Å². The topological polar surface area (TPSA) is 69.6 Å². The second-order valence-electron chi connectivity index (χ2n) is 6.66. The van der Waals surface area contributed by atoms with Crippen molar-refractivity contribution in [1.29, 1.82) is 0 Å². The Hall–Kier alpha value is -2.89. The van der Waals surface area contributed by atoms with Crippen molar-refractivity contribution in [3.8, 4) is 0 Å². The van der Waals surface area contributed by atoms with E-state index in [1.807, 2.05) is 0 Å². The highest BCUT2D eigenvalue weighted by Crippen LogP contribution is 2.28. The maximum Gasteiger partial charge on any atom is 0.337 e. The van der Waals surface area contributed by atoms with Gasteiger partial charge in [0.1, 0.15) is 5.82 Å². The van der Waals surface area contributed by atoms with E-state index in [1.165, 1.54) is 24.6 Å². The monoisotopic (exact) mass is 356 g/mol. The van der Waals surface area contributed by atoms with Crippen molar-refractivity contribution in [3.63, 3.8) is 0 Å². The highest BCUT2D eigenvalue weighted by Gasteiger charge is 2.20. The number of piperidine rings is 1. The van der Waals surface area contributed by atoms with Gasteiger partial charge in [0.15, 0.2) is 0 Å². The molecule has 2 aromatic carbocycles. The van der Waals surface area contributed by atoms with Gasteiger partial charge in [-0.25, -0.2) is 9.18 Å². The number of carboxylic acid groups (broad SMARTS) is 1. The number of hydrogen-bond acceptors (Lipinski definition) is 3. The highest BCUT2D eigenvalue weighted by atomic mass is 19.1. The number of hydrogen-bond donors (Lipinski definition) is 2. The van der Waals surface area contributed by atoms with E-state index in [2.05, 4.69) is 17.1 Å². The first-order valence-electron chi connectivity index (χ1n) is 8.64. The van der Waals surface area contributed by atoms with E-state index in [-0.39, 0.29) is 16.8 Å². The number of benzene rings is 2. The van der Waals surface area contributed by atoms with Gasteiger partial charge in [-0.3, -0.25) is 4.79 Å². The van der Waals surface area contributed by atoms with E-state index in [0.717, 1.165) is 25.2 Å². The molecule has 2 N–H and O–H groups in total. The van der Waals surface area contributed by atoms with Crippen LogP contribution >= 0.6 is 0 Å². The van der Waals surface area contributed by atoms with Crippen LogP contribution in [0.4, 0.5) is 15.8 Å². The Morgan fingerprint density at radius 2 is 1.96 bits per heavy atom. The Bertz CT molecular complexity index is 838. The Morgan fingerprint density at radius 3 is 2.65 bits per heavy atom. The molecule has 0 aromatic heterocycles. The number of amides is 1. The highest BCUT2D eigenvalue weighted by molar-refractivity contribution is 6.08. The van der Waals surface area contributed by atoms with Crippen LogP contribution in [0.15, 0.2) is 42.5 Å². The molecule has 3 rings (SSSR count). The first-order valence-corrected chi connectivity index (χ1v) is 8.64. The largest absolute Gasteiger partial charge is 0.478 e. The fourth-order valence-electron chi connectivity index (χ4n) is 3.27. The zero-order chi connectivity index (χ0) is 18.7. The third-order valence-electron chi connectivity index (χ3n) is 4.62. The molecule has 0 radical (unpaired) electrons. The molecular weight excluding hydrogens is 335 g/mol. The minimum Gasteiger partial charge on any atom is -0.478 e. The van der Waals surface area contributed by atoms with Crippen molar-refractivity contribution in [3.05, 3.63) is 59.4 Å². The minimum absolute atomic E-state index is 0.00887. The maximum absolute atomic E-state index is 13.8. The van der Waals surface area contributed by atoms with Gasteiger partial charge in [0, 0.05) is 18.8 Å². The van der Waals surface area contributed by atoms with Crippen LogP contribution in [0.3, 0.4) is 0 Å². The molecule has 1 aliphatic rings. The predicted octanol–water partition coefficient (Wildman–Crippen LogP) is 4.01. The molecular formula is C20H21FN2O3. The molecule has 1 amide bonds. The summed E-state index contributed by atoms with van der Waals surface area (Å²) in [6.07, 6.45) is 2.23. The number of rotatable bonds is 4. The van der Waals surface area contributed by atoms with Crippen molar-refractivity contribution >= 4 is 23.3 Å². The van der Waals surface area contributed by atoms with Crippen LogP contribution in [0.5, 0.6) is 0 Å². The predicted molar refractivity (Wildman–Crippen MR) is 98.4 cm³/mol. The summed E-state index contributed by atoms with van der Waals surface area (Å²) >= 11 is 0. The van der Waals surface area contributed by atoms with Gasteiger partial charge >= 0.3 is 5.97 Å². The quantitative estimate of drug-likeness (QED) is 0.868. The van der Waals surface area contributed by atoms with Crippen molar-refractivity contribution in [1.82, 2.24) is 0 Å². The SMILES string of the molecule is CC1CCCN(c2ccc(NC(=O)c3ccccc3F)c(C(=O)O)c2)C1. The smallest absolute Gasteiger partial charge is 0.337 e. The average molecular weight is 356 g/mol. The number of nitrogens with zero attached hydrogens (tertiary/aromatic N) is 1. The standard InChI is InChI=1S/C20H21FN2O3/c1-13-5-4-10-23(12-13)14-8-9-18(16(11-14)20(25)26)22-19(24)15-6-2-3-7-17(15)21/h2-3,6-9,11,13H,4-5,10,12H2,1H3,(H,22,24)(H,25,26). The van der Waals surface area contributed by atoms with Gasteiger partial charge in [0.25, 0.3) is 5.91 Å². The summed E-state index contributed by atoms with van der Waals surface area (Å²) in [7, 11) is 0. The van der Waals surface area contributed by atoms with E-state index < -0.39 is 17.7 Å². The Labute approximate surface area is 151 Å².